The Balaban J connectivity index is 1.74. The van der Waals surface area contributed by atoms with Gasteiger partial charge in [-0.15, -0.1) is 0 Å². The maximum Gasteiger partial charge on any atom is 0.407 e. The fourth-order valence-corrected chi connectivity index (χ4v) is 4.27. The van der Waals surface area contributed by atoms with E-state index in [2.05, 4.69) is 9.68 Å². The van der Waals surface area contributed by atoms with Crippen molar-refractivity contribution in [1.29, 1.82) is 0 Å². The number of fused-ring (bicyclic) bond motifs is 3. The monoisotopic (exact) mass is 472 g/mol. The second-order valence-corrected chi connectivity index (χ2v) is 12.0. The maximum absolute atomic E-state index is 12.7. The van der Waals surface area contributed by atoms with Crippen LogP contribution in [0.5, 0.6) is 0 Å². The molecule has 0 radical (unpaired) electrons. The minimum Gasteiger partial charge on any atom is -0.481 e. The SMILES string of the molecule is CC(C)(C)S(C)(=O)=NC(=O)C(CC(=O)O)NC(=O)OCC1c2ccccc2-c2ccccc21. The molecule has 2 atom stereocenters. The normalized spacial score (nSPS) is 15.5. The third kappa shape index (κ3) is 5.42. The molecule has 2 unspecified atom stereocenters. The van der Waals surface area contributed by atoms with Crippen LogP contribution >= 0.6 is 0 Å². The first kappa shape index (κ1) is 24.4. The fourth-order valence-electron chi connectivity index (χ4n) is 3.53. The Labute approximate surface area is 193 Å². The number of amides is 2. The van der Waals surface area contributed by atoms with Gasteiger partial charge < -0.3 is 15.2 Å². The van der Waals surface area contributed by atoms with Crippen LogP contribution in [-0.4, -0.2) is 50.9 Å². The van der Waals surface area contributed by atoms with Gasteiger partial charge >= 0.3 is 12.1 Å². The number of alkyl carbamates (subject to hydrolysis) is 1. The van der Waals surface area contributed by atoms with Crippen molar-refractivity contribution in [2.75, 3.05) is 12.9 Å². The lowest BCUT2D eigenvalue weighted by Gasteiger charge is -2.21. The van der Waals surface area contributed by atoms with Gasteiger partial charge in [0, 0.05) is 16.9 Å². The van der Waals surface area contributed by atoms with Crippen LogP contribution in [0.15, 0.2) is 52.9 Å². The average molecular weight is 473 g/mol. The van der Waals surface area contributed by atoms with Gasteiger partial charge in [-0.1, -0.05) is 48.5 Å². The van der Waals surface area contributed by atoms with Gasteiger partial charge in [0.05, 0.1) is 16.1 Å². The summed E-state index contributed by atoms with van der Waals surface area (Å²) in [6.07, 6.45) is -0.313. The highest BCUT2D eigenvalue weighted by molar-refractivity contribution is 7.94. The smallest absolute Gasteiger partial charge is 0.407 e. The highest BCUT2D eigenvalue weighted by atomic mass is 32.2. The molecule has 9 heteroatoms. The molecule has 0 aliphatic heterocycles. The molecule has 3 rings (SSSR count). The predicted octanol–water partition coefficient (Wildman–Crippen LogP) is 3.79. The predicted molar refractivity (Wildman–Crippen MR) is 125 cm³/mol. The third-order valence-electron chi connectivity index (χ3n) is 5.71. The standard InChI is InChI=1S/C24H28N2O6S/c1-24(2,3)33(4,31)26-22(29)20(13-21(27)28)25-23(30)32-14-19-17-11-7-5-9-15(17)16-10-6-8-12-18(16)19/h5-12,19-20H,13-14H2,1-4H3,(H,25,30)(H,27,28). The Kier molecular flexibility index (Phi) is 6.92. The van der Waals surface area contributed by atoms with Gasteiger partial charge in [-0.05, 0) is 43.0 Å². The molecular formula is C24H28N2O6S. The van der Waals surface area contributed by atoms with E-state index in [1.54, 1.807) is 20.8 Å². The van der Waals surface area contributed by atoms with Gasteiger partial charge in [0.25, 0.3) is 5.91 Å². The van der Waals surface area contributed by atoms with E-state index in [0.717, 1.165) is 22.3 Å². The van der Waals surface area contributed by atoms with Crippen LogP contribution < -0.4 is 5.32 Å². The quantitative estimate of drug-likeness (QED) is 0.660. The maximum atomic E-state index is 12.7. The second-order valence-electron chi connectivity index (χ2n) is 8.96. The zero-order chi connectivity index (χ0) is 24.4. The van der Waals surface area contributed by atoms with E-state index in [1.165, 1.54) is 6.26 Å². The van der Waals surface area contributed by atoms with Gasteiger partial charge in [0.15, 0.2) is 0 Å². The minimum absolute atomic E-state index is 0.0114. The molecule has 1 aliphatic rings. The molecule has 2 amide bonds. The molecule has 0 saturated carbocycles. The molecule has 0 aromatic heterocycles. The molecule has 176 valence electrons. The first-order valence-corrected chi connectivity index (χ1v) is 12.4. The molecule has 0 fully saturated rings. The molecule has 0 bridgehead atoms. The van der Waals surface area contributed by atoms with Crippen molar-refractivity contribution in [2.45, 2.75) is 43.9 Å². The molecule has 0 spiro atoms. The summed E-state index contributed by atoms with van der Waals surface area (Å²) in [5, 5.41) is 11.5. The molecule has 33 heavy (non-hydrogen) atoms. The van der Waals surface area contributed by atoms with E-state index >= 15 is 0 Å². The number of carbonyl (C=O) groups excluding carboxylic acids is 2. The Hall–Kier alpha value is -3.20. The van der Waals surface area contributed by atoms with Crippen molar-refractivity contribution in [2.24, 2.45) is 4.36 Å². The van der Waals surface area contributed by atoms with Gasteiger partial charge in [-0.25, -0.2) is 9.00 Å². The van der Waals surface area contributed by atoms with Crippen LogP contribution in [0.1, 0.15) is 44.2 Å². The summed E-state index contributed by atoms with van der Waals surface area (Å²) >= 11 is 0. The molecule has 2 aromatic carbocycles. The number of nitrogens with one attached hydrogen (secondary N) is 1. The fraction of sp³-hybridized carbons (Fsp3) is 0.375. The molecule has 2 N–H and O–H groups in total. The largest absolute Gasteiger partial charge is 0.481 e. The first-order chi connectivity index (χ1) is 15.4. The first-order valence-electron chi connectivity index (χ1n) is 10.5. The number of rotatable bonds is 6. The van der Waals surface area contributed by atoms with Crippen LogP contribution in [0.2, 0.25) is 0 Å². The Morgan fingerprint density at radius 3 is 2.06 bits per heavy atom. The molecule has 1 aliphatic carbocycles. The lowest BCUT2D eigenvalue weighted by atomic mass is 9.98. The van der Waals surface area contributed by atoms with Crippen molar-refractivity contribution in [3.63, 3.8) is 0 Å². The van der Waals surface area contributed by atoms with Crippen LogP contribution in [0.25, 0.3) is 11.1 Å². The molecular weight excluding hydrogens is 444 g/mol. The number of nitrogens with zero attached hydrogens (tertiary/aromatic N) is 1. The third-order valence-corrected chi connectivity index (χ3v) is 8.51. The van der Waals surface area contributed by atoms with E-state index in [9.17, 15) is 18.6 Å². The van der Waals surface area contributed by atoms with Gasteiger partial charge in [-0.2, -0.15) is 4.36 Å². The number of hydrogen-bond acceptors (Lipinski definition) is 5. The van der Waals surface area contributed by atoms with Crippen molar-refractivity contribution in [3.05, 3.63) is 59.7 Å². The highest BCUT2D eigenvalue weighted by Gasteiger charge is 2.31. The van der Waals surface area contributed by atoms with E-state index in [1.807, 2.05) is 48.5 Å². The molecule has 8 nitrogen and oxygen atoms in total. The van der Waals surface area contributed by atoms with Gasteiger partial charge in [0.1, 0.15) is 12.6 Å². The molecule has 0 heterocycles. The lowest BCUT2D eigenvalue weighted by molar-refractivity contribution is -0.139. The van der Waals surface area contributed by atoms with E-state index in [-0.39, 0.29) is 12.5 Å². The summed E-state index contributed by atoms with van der Waals surface area (Å²) in [5.74, 6) is -2.45. The summed E-state index contributed by atoms with van der Waals surface area (Å²) in [6.45, 7) is 5.00. The van der Waals surface area contributed by atoms with Gasteiger partial charge in [0.2, 0.25) is 0 Å². The van der Waals surface area contributed by atoms with Crippen LogP contribution in [-0.2, 0) is 24.1 Å². The summed E-state index contributed by atoms with van der Waals surface area (Å²) in [5.41, 5.74) is 4.19. The molecule has 0 saturated heterocycles. The molecule has 2 aromatic rings. The average Bonchev–Trinajstić information content (AvgIpc) is 3.04. The van der Waals surface area contributed by atoms with Crippen LogP contribution in [0, 0.1) is 0 Å². The summed E-state index contributed by atoms with van der Waals surface area (Å²) < 4.78 is 21.1. The zero-order valence-corrected chi connectivity index (χ0v) is 19.8. The van der Waals surface area contributed by atoms with E-state index in [0.29, 0.717) is 0 Å². The van der Waals surface area contributed by atoms with Crippen molar-refractivity contribution in [3.8, 4) is 11.1 Å². The Morgan fingerprint density at radius 2 is 1.58 bits per heavy atom. The number of carboxylic acid groups (broad SMARTS) is 1. The van der Waals surface area contributed by atoms with Crippen molar-refractivity contribution >= 4 is 27.7 Å². The zero-order valence-electron chi connectivity index (χ0n) is 19.0. The van der Waals surface area contributed by atoms with Crippen molar-refractivity contribution in [1.82, 2.24) is 5.32 Å². The van der Waals surface area contributed by atoms with Gasteiger partial charge in [-0.3, -0.25) is 9.59 Å². The number of aliphatic carboxylic acids is 1. The van der Waals surface area contributed by atoms with E-state index < -0.39 is 44.9 Å². The number of benzene rings is 2. The lowest BCUT2D eigenvalue weighted by Crippen LogP contribution is -2.43. The minimum atomic E-state index is -2.97. The van der Waals surface area contributed by atoms with Crippen LogP contribution in [0.4, 0.5) is 4.79 Å². The summed E-state index contributed by atoms with van der Waals surface area (Å²) in [6, 6.07) is 14.2. The summed E-state index contributed by atoms with van der Waals surface area (Å²) in [4.78, 5) is 36.3. The highest BCUT2D eigenvalue weighted by Crippen LogP contribution is 2.44. The summed E-state index contributed by atoms with van der Waals surface area (Å²) in [7, 11) is -2.97. The van der Waals surface area contributed by atoms with Crippen LogP contribution in [0.3, 0.4) is 0 Å². The second kappa shape index (κ2) is 9.35. The number of hydrogen-bond donors (Lipinski definition) is 2. The number of ether oxygens (including phenoxy) is 1. The van der Waals surface area contributed by atoms with E-state index in [4.69, 9.17) is 9.84 Å². The van der Waals surface area contributed by atoms with Crippen molar-refractivity contribution < 1.29 is 28.4 Å². The Bertz CT molecular complexity index is 1160. The topological polar surface area (TPSA) is 122 Å². The number of carbonyl (C=O) groups is 3. The number of carboxylic acids is 1. The Morgan fingerprint density at radius 1 is 1.06 bits per heavy atom.